The number of benzene rings is 1. The summed E-state index contributed by atoms with van der Waals surface area (Å²) in [5, 5.41) is 9.23. The van der Waals surface area contributed by atoms with Gasteiger partial charge in [0.15, 0.2) is 0 Å². The maximum Gasteiger partial charge on any atom is 0.336 e. The molecule has 1 aliphatic heterocycles. The van der Waals surface area contributed by atoms with Gasteiger partial charge in [-0.25, -0.2) is 4.79 Å². The van der Waals surface area contributed by atoms with Crippen LogP contribution in [0.5, 0.6) is 0 Å². The van der Waals surface area contributed by atoms with E-state index in [1.54, 1.807) is 29.2 Å². The summed E-state index contributed by atoms with van der Waals surface area (Å²) in [6.07, 6.45) is 4.28. The van der Waals surface area contributed by atoms with Crippen LogP contribution in [0.3, 0.4) is 0 Å². The molecule has 2 aromatic rings. The van der Waals surface area contributed by atoms with Crippen molar-refractivity contribution in [2.45, 2.75) is 12.8 Å². The molecule has 1 aliphatic rings. The number of furan rings is 1. The van der Waals surface area contributed by atoms with Crippen molar-refractivity contribution in [3.8, 4) is 0 Å². The van der Waals surface area contributed by atoms with Crippen molar-refractivity contribution < 1.29 is 19.1 Å². The second-order valence-corrected chi connectivity index (χ2v) is 4.68. The molecule has 102 valence electrons. The predicted molar refractivity (Wildman–Crippen MR) is 72.1 cm³/mol. The highest BCUT2D eigenvalue weighted by Crippen LogP contribution is 2.31. The minimum Gasteiger partial charge on any atom is -0.478 e. The van der Waals surface area contributed by atoms with Crippen molar-refractivity contribution >= 4 is 17.6 Å². The normalized spacial score (nSPS) is 13.9. The molecule has 0 spiro atoms. The second-order valence-electron chi connectivity index (χ2n) is 4.68. The highest BCUT2D eigenvalue weighted by Gasteiger charge is 2.26. The van der Waals surface area contributed by atoms with Gasteiger partial charge in [-0.15, -0.1) is 0 Å². The van der Waals surface area contributed by atoms with Gasteiger partial charge in [0.2, 0.25) is 0 Å². The summed E-state index contributed by atoms with van der Waals surface area (Å²) in [5.74, 6) is -1.12. The molecule has 0 saturated carbocycles. The van der Waals surface area contributed by atoms with Crippen molar-refractivity contribution in [1.29, 1.82) is 0 Å². The fourth-order valence-corrected chi connectivity index (χ4v) is 2.58. The SMILES string of the molecule is O=C(O)c1cccc2c1CCCN2C(=O)c1ccoc1. The van der Waals surface area contributed by atoms with Crippen LogP contribution < -0.4 is 4.90 Å². The van der Waals surface area contributed by atoms with E-state index in [0.717, 1.165) is 12.0 Å². The average molecular weight is 271 g/mol. The van der Waals surface area contributed by atoms with Crippen LogP contribution in [0, 0.1) is 0 Å². The first kappa shape index (κ1) is 12.5. The Hall–Kier alpha value is -2.56. The van der Waals surface area contributed by atoms with Crippen LogP contribution in [0.25, 0.3) is 0 Å². The third-order valence-corrected chi connectivity index (χ3v) is 3.49. The smallest absolute Gasteiger partial charge is 0.336 e. The predicted octanol–water partition coefficient (Wildman–Crippen LogP) is 2.57. The Morgan fingerprint density at radius 1 is 1.25 bits per heavy atom. The first-order chi connectivity index (χ1) is 9.68. The number of fused-ring (bicyclic) bond motifs is 1. The topological polar surface area (TPSA) is 70.8 Å². The summed E-state index contributed by atoms with van der Waals surface area (Å²) < 4.78 is 4.93. The molecule has 0 unspecified atom stereocenters. The lowest BCUT2D eigenvalue weighted by molar-refractivity contribution is 0.0695. The largest absolute Gasteiger partial charge is 0.478 e. The molecule has 3 rings (SSSR count). The first-order valence-electron chi connectivity index (χ1n) is 6.37. The zero-order valence-electron chi connectivity index (χ0n) is 10.7. The van der Waals surface area contributed by atoms with Crippen molar-refractivity contribution in [3.63, 3.8) is 0 Å². The molecule has 0 fully saturated rings. The standard InChI is InChI=1S/C15H13NO4/c17-14(10-6-8-20-9-10)16-7-2-4-11-12(15(18)19)3-1-5-13(11)16/h1,3,5-6,8-9H,2,4,7H2,(H,18,19). The molecule has 1 N–H and O–H groups in total. The fraction of sp³-hybridized carbons (Fsp3) is 0.200. The van der Waals surface area contributed by atoms with Crippen molar-refractivity contribution in [2.24, 2.45) is 0 Å². The van der Waals surface area contributed by atoms with E-state index in [0.29, 0.717) is 24.2 Å². The van der Waals surface area contributed by atoms with Gasteiger partial charge in [-0.05, 0) is 36.6 Å². The molecule has 20 heavy (non-hydrogen) atoms. The molecular weight excluding hydrogens is 258 g/mol. The average Bonchev–Trinajstić information content (AvgIpc) is 2.99. The van der Waals surface area contributed by atoms with Gasteiger partial charge in [0.1, 0.15) is 6.26 Å². The number of anilines is 1. The molecule has 1 aromatic carbocycles. The number of aromatic carboxylic acids is 1. The Kier molecular flexibility index (Phi) is 3.02. The Morgan fingerprint density at radius 2 is 2.10 bits per heavy atom. The molecule has 1 aromatic heterocycles. The number of carbonyl (C=O) groups excluding carboxylic acids is 1. The van der Waals surface area contributed by atoms with Gasteiger partial charge in [-0.1, -0.05) is 6.07 Å². The van der Waals surface area contributed by atoms with Crippen LogP contribution in [-0.4, -0.2) is 23.5 Å². The summed E-state index contributed by atoms with van der Waals surface area (Å²) in [6, 6.07) is 6.65. The van der Waals surface area contributed by atoms with E-state index < -0.39 is 5.97 Å². The Labute approximate surface area is 115 Å². The maximum absolute atomic E-state index is 12.4. The summed E-state index contributed by atoms with van der Waals surface area (Å²) in [7, 11) is 0. The molecule has 2 heterocycles. The minimum atomic E-state index is -0.959. The van der Waals surface area contributed by atoms with Crippen LogP contribution >= 0.6 is 0 Å². The zero-order chi connectivity index (χ0) is 14.1. The van der Waals surface area contributed by atoms with Crippen molar-refractivity contribution in [3.05, 3.63) is 53.5 Å². The molecule has 5 nitrogen and oxygen atoms in total. The van der Waals surface area contributed by atoms with Crippen LogP contribution in [0.2, 0.25) is 0 Å². The van der Waals surface area contributed by atoms with E-state index in [9.17, 15) is 14.7 Å². The number of hydrogen-bond donors (Lipinski definition) is 1. The van der Waals surface area contributed by atoms with E-state index >= 15 is 0 Å². The number of carbonyl (C=O) groups is 2. The van der Waals surface area contributed by atoms with Gasteiger partial charge in [0.05, 0.1) is 17.4 Å². The van der Waals surface area contributed by atoms with Gasteiger partial charge in [0, 0.05) is 12.2 Å². The van der Waals surface area contributed by atoms with E-state index in [-0.39, 0.29) is 11.5 Å². The van der Waals surface area contributed by atoms with Crippen LogP contribution in [0.15, 0.2) is 41.2 Å². The van der Waals surface area contributed by atoms with Gasteiger partial charge in [-0.3, -0.25) is 4.79 Å². The summed E-state index contributed by atoms with van der Waals surface area (Å²) in [4.78, 5) is 25.3. The number of nitrogens with zero attached hydrogens (tertiary/aromatic N) is 1. The molecule has 0 saturated heterocycles. The molecule has 0 radical (unpaired) electrons. The van der Waals surface area contributed by atoms with E-state index in [1.807, 2.05) is 0 Å². The fourth-order valence-electron chi connectivity index (χ4n) is 2.58. The monoisotopic (exact) mass is 271 g/mol. The number of rotatable bonds is 2. The summed E-state index contributed by atoms with van der Waals surface area (Å²) in [5.41, 5.74) is 2.15. The maximum atomic E-state index is 12.4. The van der Waals surface area contributed by atoms with E-state index in [4.69, 9.17) is 4.42 Å². The second kappa shape index (κ2) is 4.85. The lowest BCUT2D eigenvalue weighted by atomic mass is 9.96. The molecule has 0 bridgehead atoms. The summed E-state index contributed by atoms with van der Waals surface area (Å²) >= 11 is 0. The minimum absolute atomic E-state index is 0.165. The van der Waals surface area contributed by atoms with Gasteiger partial charge < -0.3 is 14.4 Å². The van der Waals surface area contributed by atoms with Crippen LogP contribution in [0.4, 0.5) is 5.69 Å². The zero-order valence-corrected chi connectivity index (χ0v) is 10.7. The van der Waals surface area contributed by atoms with Crippen molar-refractivity contribution in [1.82, 2.24) is 0 Å². The number of amides is 1. The van der Waals surface area contributed by atoms with E-state index in [1.165, 1.54) is 12.5 Å². The number of hydrogen-bond acceptors (Lipinski definition) is 3. The lowest BCUT2D eigenvalue weighted by Crippen LogP contribution is -2.35. The third kappa shape index (κ3) is 1.97. The van der Waals surface area contributed by atoms with Gasteiger partial charge in [0.25, 0.3) is 5.91 Å². The Balaban J connectivity index is 2.05. The highest BCUT2D eigenvalue weighted by molar-refractivity contribution is 6.07. The lowest BCUT2D eigenvalue weighted by Gasteiger charge is -2.30. The third-order valence-electron chi connectivity index (χ3n) is 3.49. The molecule has 0 aliphatic carbocycles. The highest BCUT2D eigenvalue weighted by atomic mass is 16.4. The number of carboxylic acid groups (broad SMARTS) is 1. The Bertz CT molecular complexity index is 661. The Morgan fingerprint density at radius 3 is 2.80 bits per heavy atom. The summed E-state index contributed by atoms with van der Waals surface area (Å²) in [6.45, 7) is 0.583. The first-order valence-corrected chi connectivity index (χ1v) is 6.37. The van der Waals surface area contributed by atoms with Gasteiger partial charge >= 0.3 is 5.97 Å². The van der Waals surface area contributed by atoms with Crippen LogP contribution in [-0.2, 0) is 6.42 Å². The quantitative estimate of drug-likeness (QED) is 0.911. The van der Waals surface area contributed by atoms with Crippen LogP contribution in [0.1, 0.15) is 32.7 Å². The molecule has 5 heteroatoms. The molecule has 0 atom stereocenters. The molecule has 1 amide bonds. The van der Waals surface area contributed by atoms with Gasteiger partial charge in [-0.2, -0.15) is 0 Å². The van der Waals surface area contributed by atoms with E-state index in [2.05, 4.69) is 0 Å². The van der Waals surface area contributed by atoms with Crippen molar-refractivity contribution in [2.75, 3.05) is 11.4 Å². The number of carboxylic acids is 1. The molecular formula is C15H13NO4.